The van der Waals surface area contributed by atoms with Gasteiger partial charge >= 0.3 is 8.80 Å². The minimum Gasteiger partial charge on any atom is -0.374 e. The van der Waals surface area contributed by atoms with Crippen molar-refractivity contribution in [2.45, 2.75) is 33.2 Å². The average Bonchev–Trinajstić information content (AvgIpc) is 2.72. The predicted molar refractivity (Wildman–Crippen MR) is 122 cm³/mol. The molecule has 4 nitrogen and oxygen atoms in total. The zero-order valence-corrected chi connectivity index (χ0v) is 19.3. The summed E-state index contributed by atoms with van der Waals surface area (Å²) in [6, 6.07) is 22.4. The molecule has 0 fully saturated rings. The van der Waals surface area contributed by atoms with Crippen LogP contribution in [0.25, 0.3) is 0 Å². The van der Waals surface area contributed by atoms with E-state index in [0.29, 0.717) is 19.8 Å². The second kappa shape index (κ2) is 13.2. The Bertz CT molecular complexity index is 588. The lowest BCUT2D eigenvalue weighted by molar-refractivity contribution is 0.0708. The Hall–Kier alpha value is -1.07. The maximum absolute atomic E-state index is 5.95. The Balaban J connectivity index is 1.91. The largest absolute Gasteiger partial charge is 0.500 e. The molecule has 6 heteroatoms. The molecule has 0 unspecified atom stereocenters. The fourth-order valence-electron chi connectivity index (χ4n) is 3.17. The lowest BCUT2D eigenvalue weighted by atomic mass is 10.4. The van der Waals surface area contributed by atoms with E-state index >= 15 is 0 Å². The molecule has 0 amide bonds. The summed E-state index contributed by atoms with van der Waals surface area (Å²) in [5, 5.41) is 6.47. The molecule has 0 spiro atoms. The topological polar surface area (TPSA) is 39.7 Å². The standard InChI is InChI=1S/C22H34NO3PSi/c1-4-24-28(25-5-2,26-6-3)19-13-18-23-20-27(21-14-9-7-10-15-21)22-16-11-8-12-17-22/h7-12,14-17,23H,4-6,13,18-20H2,1-3H3. The van der Waals surface area contributed by atoms with E-state index in [1.165, 1.54) is 10.6 Å². The zero-order chi connectivity index (χ0) is 20.1. The molecule has 0 saturated carbocycles. The highest BCUT2D eigenvalue weighted by atomic mass is 31.1. The molecule has 2 aromatic rings. The molecule has 0 aliphatic carbocycles. The molecule has 0 aliphatic rings. The molecular formula is C22H34NO3PSi. The lowest BCUT2D eigenvalue weighted by Gasteiger charge is -2.28. The normalized spacial score (nSPS) is 11.9. The van der Waals surface area contributed by atoms with E-state index < -0.39 is 16.7 Å². The van der Waals surface area contributed by atoms with Gasteiger partial charge in [-0.1, -0.05) is 60.7 Å². The zero-order valence-electron chi connectivity index (χ0n) is 17.4. The molecule has 0 aromatic heterocycles. The van der Waals surface area contributed by atoms with Gasteiger partial charge in [-0.05, 0) is 52.3 Å². The van der Waals surface area contributed by atoms with Gasteiger partial charge in [0.25, 0.3) is 0 Å². The molecule has 1 N–H and O–H groups in total. The Kier molecular flexibility index (Phi) is 10.9. The first-order chi connectivity index (χ1) is 13.7. The van der Waals surface area contributed by atoms with Crippen LogP contribution in [0.1, 0.15) is 27.2 Å². The summed E-state index contributed by atoms with van der Waals surface area (Å²) < 4.78 is 17.8. The van der Waals surface area contributed by atoms with Crippen LogP contribution in [-0.2, 0) is 13.3 Å². The van der Waals surface area contributed by atoms with E-state index in [1.54, 1.807) is 0 Å². The monoisotopic (exact) mass is 419 g/mol. The van der Waals surface area contributed by atoms with Gasteiger partial charge in [0.1, 0.15) is 0 Å². The van der Waals surface area contributed by atoms with E-state index in [4.69, 9.17) is 13.3 Å². The van der Waals surface area contributed by atoms with Gasteiger partial charge in [0.15, 0.2) is 0 Å². The second-order valence-corrected chi connectivity index (χ2v) is 11.3. The van der Waals surface area contributed by atoms with E-state index in [-0.39, 0.29) is 0 Å². The first kappa shape index (κ1) is 23.2. The van der Waals surface area contributed by atoms with Crippen LogP contribution in [0.4, 0.5) is 0 Å². The van der Waals surface area contributed by atoms with Crippen molar-refractivity contribution in [3.63, 3.8) is 0 Å². The minimum absolute atomic E-state index is 0.409. The molecule has 154 valence electrons. The van der Waals surface area contributed by atoms with E-state index in [9.17, 15) is 0 Å². The summed E-state index contributed by atoms with van der Waals surface area (Å²) in [5.74, 6) is 0. The molecule has 0 radical (unpaired) electrons. The van der Waals surface area contributed by atoms with Crippen molar-refractivity contribution in [3.05, 3.63) is 60.7 Å². The molecule has 0 saturated heterocycles. The summed E-state index contributed by atoms with van der Waals surface area (Å²) in [7, 11) is -2.94. The number of rotatable bonds is 14. The first-order valence-electron chi connectivity index (χ1n) is 10.2. The molecule has 0 heterocycles. The van der Waals surface area contributed by atoms with Gasteiger partial charge in [0.2, 0.25) is 0 Å². The van der Waals surface area contributed by atoms with Gasteiger partial charge in [-0.15, -0.1) is 0 Å². The van der Waals surface area contributed by atoms with Crippen LogP contribution < -0.4 is 15.9 Å². The molecule has 0 atom stereocenters. The summed E-state index contributed by atoms with van der Waals surface area (Å²) in [6.07, 6.45) is 1.95. The van der Waals surface area contributed by atoms with Crippen molar-refractivity contribution in [2.75, 3.05) is 32.7 Å². The number of hydrogen-bond acceptors (Lipinski definition) is 4. The van der Waals surface area contributed by atoms with Crippen molar-refractivity contribution in [1.29, 1.82) is 0 Å². The Morgan fingerprint density at radius 2 is 1.21 bits per heavy atom. The van der Waals surface area contributed by atoms with E-state index in [2.05, 4.69) is 66.0 Å². The summed E-state index contributed by atoms with van der Waals surface area (Å²) in [4.78, 5) is 0. The van der Waals surface area contributed by atoms with Crippen molar-refractivity contribution >= 4 is 27.3 Å². The third kappa shape index (κ3) is 7.40. The maximum Gasteiger partial charge on any atom is 0.500 e. The number of benzene rings is 2. The quantitative estimate of drug-likeness (QED) is 0.284. The van der Waals surface area contributed by atoms with Crippen LogP contribution in [0.15, 0.2) is 60.7 Å². The fourth-order valence-corrected chi connectivity index (χ4v) is 7.89. The lowest BCUT2D eigenvalue weighted by Crippen LogP contribution is -2.46. The number of nitrogens with one attached hydrogen (secondary N) is 1. The fraction of sp³-hybridized carbons (Fsp3) is 0.455. The molecule has 2 rings (SSSR count). The van der Waals surface area contributed by atoms with Gasteiger partial charge in [-0.3, -0.25) is 0 Å². The van der Waals surface area contributed by atoms with Crippen LogP contribution in [0.3, 0.4) is 0 Å². The second-order valence-electron chi connectivity index (χ2n) is 6.34. The summed E-state index contributed by atoms with van der Waals surface area (Å²) in [6.45, 7) is 8.84. The predicted octanol–water partition coefficient (Wildman–Crippen LogP) is 4.10. The van der Waals surface area contributed by atoms with Crippen LogP contribution in [0.2, 0.25) is 6.04 Å². The minimum atomic E-state index is -2.54. The smallest absolute Gasteiger partial charge is 0.374 e. The SMILES string of the molecule is CCO[Si](CCCNCP(c1ccccc1)c1ccccc1)(OCC)OCC. The highest BCUT2D eigenvalue weighted by Crippen LogP contribution is 2.31. The van der Waals surface area contributed by atoms with Crippen molar-refractivity contribution in [2.24, 2.45) is 0 Å². The van der Waals surface area contributed by atoms with Crippen molar-refractivity contribution < 1.29 is 13.3 Å². The molecule has 2 aromatic carbocycles. The molecule has 28 heavy (non-hydrogen) atoms. The van der Waals surface area contributed by atoms with E-state index in [0.717, 1.165) is 25.3 Å². The van der Waals surface area contributed by atoms with Gasteiger partial charge in [0.05, 0.1) is 0 Å². The van der Waals surface area contributed by atoms with Crippen LogP contribution in [0, 0.1) is 0 Å². The van der Waals surface area contributed by atoms with Gasteiger partial charge in [0, 0.05) is 32.2 Å². The molecule has 0 aliphatic heterocycles. The third-order valence-electron chi connectivity index (χ3n) is 4.33. The Morgan fingerprint density at radius 1 is 0.750 bits per heavy atom. The molecular weight excluding hydrogens is 385 g/mol. The van der Waals surface area contributed by atoms with Gasteiger partial charge in [-0.25, -0.2) is 0 Å². The van der Waals surface area contributed by atoms with Crippen molar-refractivity contribution in [3.8, 4) is 0 Å². The summed E-state index contributed by atoms with van der Waals surface area (Å²) in [5.41, 5.74) is 0. The number of hydrogen-bond donors (Lipinski definition) is 1. The first-order valence-corrected chi connectivity index (χ1v) is 13.7. The van der Waals surface area contributed by atoms with Crippen LogP contribution >= 0.6 is 7.92 Å². The van der Waals surface area contributed by atoms with Crippen LogP contribution in [-0.4, -0.2) is 41.5 Å². The highest BCUT2D eigenvalue weighted by Gasteiger charge is 2.39. The Morgan fingerprint density at radius 3 is 1.64 bits per heavy atom. The van der Waals surface area contributed by atoms with Crippen molar-refractivity contribution in [1.82, 2.24) is 5.32 Å². The summed E-state index contributed by atoms with van der Waals surface area (Å²) >= 11 is 0. The molecule has 0 bridgehead atoms. The average molecular weight is 420 g/mol. The van der Waals surface area contributed by atoms with E-state index in [1.807, 2.05) is 20.8 Å². The van der Waals surface area contributed by atoms with Gasteiger partial charge in [-0.2, -0.15) is 0 Å². The van der Waals surface area contributed by atoms with Crippen LogP contribution in [0.5, 0.6) is 0 Å². The maximum atomic E-state index is 5.95. The third-order valence-corrected chi connectivity index (χ3v) is 9.87. The Labute approximate surface area is 172 Å². The highest BCUT2D eigenvalue weighted by molar-refractivity contribution is 7.72. The van der Waals surface area contributed by atoms with Gasteiger partial charge < -0.3 is 18.6 Å².